The number of rotatable bonds is 0. The summed E-state index contributed by atoms with van der Waals surface area (Å²) in [7, 11) is 0. The van der Waals surface area contributed by atoms with E-state index < -0.39 is 23.5 Å². The molecule has 1 nitrogen and oxygen atoms in total. The van der Waals surface area contributed by atoms with Gasteiger partial charge in [-0.25, -0.2) is 0 Å². The lowest BCUT2D eigenvalue weighted by Gasteiger charge is -2.13. The van der Waals surface area contributed by atoms with Crippen LogP contribution in [0.1, 0.15) is 11.1 Å². The minimum Gasteiger partial charge on any atom is -0.308 e. The van der Waals surface area contributed by atoms with E-state index in [1.54, 1.807) is 46.9 Å². The maximum Gasteiger partial charge on any atom is 0.417 e. The van der Waals surface area contributed by atoms with Crippen LogP contribution in [0, 0.1) is 0 Å². The van der Waals surface area contributed by atoms with Gasteiger partial charge in [0.25, 0.3) is 0 Å². The first-order valence-corrected chi connectivity index (χ1v) is 8.03. The lowest BCUT2D eigenvalue weighted by atomic mass is 10.00. The number of benzene rings is 2. The van der Waals surface area contributed by atoms with Gasteiger partial charge in [0, 0.05) is 21.5 Å². The van der Waals surface area contributed by atoms with Crippen molar-refractivity contribution in [2.45, 2.75) is 12.4 Å². The third-order valence-corrected chi connectivity index (χ3v) is 4.96. The Balaban J connectivity index is 2.14. The van der Waals surface area contributed by atoms with Crippen LogP contribution < -0.4 is 0 Å². The molecule has 0 radical (unpaired) electrons. The Labute approximate surface area is 147 Å². The summed E-state index contributed by atoms with van der Waals surface area (Å²) in [6.45, 7) is 0. The van der Waals surface area contributed by atoms with Crippen LogP contribution in [-0.2, 0) is 12.4 Å². The molecule has 0 bridgehead atoms. The van der Waals surface area contributed by atoms with Gasteiger partial charge in [0.2, 0.25) is 0 Å². The van der Waals surface area contributed by atoms with E-state index in [2.05, 4.69) is 0 Å². The Morgan fingerprint density at radius 3 is 1.89 bits per heavy atom. The van der Waals surface area contributed by atoms with Crippen LogP contribution in [-0.4, -0.2) is 4.40 Å². The molecule has 3 aromatic heterocycles. The highest BCUT2D eigenvalue weighted by Gasteiger charge is 2.39. The van der Waals surface area contributed by atoms with Crippen LogP contribution in [0.25, 0.3) is 38.1 Å². The quantitative estimate of drug-likeness (QED) is 0.259. The lowest BCUT2D eigenvalue weighted by molar-refractivity contribution is -0.142. The van der Waals surface area contributed by atoms with E-state index >= 15 is 0 Å². The van der Waals surface area contributed by atoms with Crippen molar-refractivity contribution >= 4 is 38.1 Å². The molecular formula is C20H9F6N. The average molecular weight is 377 g/mol. The summed E-state index contributed by atoms with van der Waals surface area (Å²) >= 11 is 0. The number of nitrogens with zero attached hydrogens (tertiary/aromatic N) is 1. The minimum absolute atomic E-state index is 0.0523. The predicted molar refractivity (Wildman–Crippen MR) is 91.1 cm³/mol. The maximum absolute atomic E-state index is 13.7. The Morgan fingerprint density at radius 1 is 0.630 bits per heavy atom. The van der Waals surface area contributed by atoms with Crippen molar-refractivity contribution in [3.63, 3.8) is 0 Å². The van der Waals surface area contributed by atoms with Crippen molar-refractivity contribution in [1.82, 2.24) is 4.40 Å². The number of hydrogen-bond donors (Lipinski definition) is 0. The van der Waals surface area contributed by atoms with Gasteiger partial charge in [-0.2, -0.15) is 26.3 Å². The normalized spacial score (nSPS) is 13.6. The monoisotopic (exact) mass is 377 g/mol. The molecule has 27 heavy (non-hydrogen) atoms. The van der Waals surface area contributed by atoms with Gasteiger partial charge >= 0.3 is 12.4 Å². The van der Waals surface area contributed by atoms with E-state index in [4.69, 9.17) is 0 Å². The fraction of sp³-hybridized carbons (Fsp3) is 0.100. The second kappa shape index (κ2) is 4.85. The van der Waals surface area contributed by atoms with Crippen molar-refractivity contribution in [2.24, 2.45) is 0 Å². The Morgan fingerprint density at radius 2 is 1.26 bits per heavy atom. The maximum atomic E-state index is 13.7. The molecule has 3 heterocycles. The molecular weight excluding hydrogens is 368 g/mol. The van der Waals surface area contributed by atoms with Crippen LogP contribution in [0.5, 0.6) is 0 Å². The number of fused-ring (bicyclic) bond motifs is 6. The standard InChI is InChI=1S/C20H9F6N/c21-19(22,23)10-8-13-16-7-3-6-15-11-4-1-2-5-12(11)18(27(15)16)17(13)14(9-10)20(24,25)26/h1-9H. The zero-order valence-electron chi connectivity index (χ0n) is 13.4. The molecule has 0 saturated heterocycles. The van der Waals surface area contributed by atoms with Crippen molar-refractivity contribution in [3.8, 4) is 0 Å². The van der Waals surface area contributed by atoms with E-state index in [1.807, 2.05) is 0 Å². The second-order valence-electron chi connectivity index (χ2n) is 6.47. The summed E-state index contributed by atoms with van der Waals surface area (Å²) in [5.74, 6) is 0. The van der Waals surface area contributed by atoms with Crippen LogP contribution >= 0.6 is 0 Å². The summed E-state index contributed by atoms with van der Waals surface area (Å²) in [6.07, 6.45) is -9.79. The molecule has 0 saturated carbocycles. The van der Waals surface area contributed by atoms with Crippen molar-refractivity contribution in [3.05, 3.63) is 65.7 Å². The van der Waals surface area contributed by atoms with E-state index in [-0.39, 0.29) is 22.4 Å². The van der Waals surface area contributed by atoms with Crippen molar-refractivity contribution < 1.29 is 26.3 Å². The summed E-state index contributed by atoms with van der Waals surface area (Å²) in [5.41, 5.74) is -1.30. The van der Waals surface area contributed by atoms with Crippen LogP contribution in [0.4, 0.5) is 26.3 Å². The van der Waals surface area contributed by atoms with Crippen LogP contribution in [0.15, 0.2) is 54.6 Å². The third kappa shape index (κ3) is 2.08. The Hall–Kier alpha value is -2.96. The third-order valence-electron chi connectivity index (χ3n) is 4.96. The van der Waals surface area contributed by atoms with Crippen molar-refractivity contribution in [1.29, 1.82) is 0 Å². The number of pyridine rings is 1. The molecule has 0 amide bonds. The first-order valence-electron chi connectivity index (χ1n) is 8.03. The molecule has 0 N–H and O–H groups in total. The molecule has 0 spiro atoms. The van der Waals surface area contributed by atoms with Gasteiger partial charge < -0.3 is 4.40 Å². The highest BCUT2D eigenvalue weighted by Crippen LogP contribution is 2.46. The first kappa shape index (κ1) is 16.2. The van der Waals surface area contributed by atoms with Gasteiger partial charge in [-0.1, -0.05) is 30.3 Å². The minimum atomic E-state index is -4.92. The van der Waals surface area contributed by atoms with E-state index in [0.29, 0.717) is 16.4 Å². The summed E-state index contributed by atoms with van der Waals surface area (Å²) in [4.78, 5) is 0. The molecule has 2 aromatic carbocycles. The summed E-state index contributed by atoms with van der Waals surface area (Å²) in [6, 6.07) is 12.9. The largest absolute Gasteiger partial charge is 0.417 e. The van der Waals surface area contributed by atoms with Gasteiger partial charge in [-0.05, 0) is 24.3 Å². The van der Waals surface area contributed by atoms with Gasteiger partial charge in [0.15, 0.2) is 0 Å². The SMILES string of the molecule is FC(F)(F)c1cc(C(F)(F)F)c2c(c1)c1cccc3c4ccccc4c2n31. The summed E-state index contributed by atoms with van der Waals surface area (Å²) < 4.78 is 82.6. The fourth-order valence-corrected chi connectivity index (χ4v) is 3.94. The van der Waals surface area contributed by atoms with Gasteiger partial charge in [-0.3, -0.25) is 0 Å². The summed E-state index contributed by atoms with van der Waals surface area (Å²) in [5, 5.41) is 1.08. The molecule has 0 atom stereocenters. The lowest BCUT2D eigenvalue weighted by Crippen LogP contribution is -2.11. The zero-order chi connectivity index (χ0) is 19.1. The highest BCUT2D eigenvalue weighted by molar-refractivity contribution is 6.24. The molecule has 136 valence electrons. The molecule has 5 rings (SSSR count). The highest BCUT2D eigenvalue weighted by atomic mass is 19.4. The molecule has 0 unspecified atom stereocenters. The van der Waals surface area contributed by atoms with Crippen molar-refractivity contribution in [2.75, 3.05) is 0 Å². The van der Waals surface area contributed by atoms with E-state index in [0.717, 1.165) is 11.5 Å². The van der Waals surface area contributed by atoms with Gasteiger partial charge in [0.05, 0.1) is 27.7 Å². The smallest absolute Gasteiger partial charge is 0.308 e. The molecule has 0 aliphatic heterocycles. The fourth-order valence-electron chi connectivity index (χ4n) is 3.94. The molecule has 0 aliphatic carbocycles. The van der Waals surface area contributed by atoms with Gasteiger partial charge in [0.1, 0.15) is 0 Å². The number of aromatic nitrogens is 1. The first-order chi connectivity index (χ1) is 12.7. The average Bonchev–Trinajstić information content (AvgIpc) is 3.11. The van der Waals surface area contributed by atoms with Gasteiger partial charge in [-0.15, -0.1) is 0 Å². The van der Waals surface area contributed by atoms with Crippen LogP contribution in [0.2, 0.25) is 0 Å². The zero-order valence-corrected chi connectivity index (χ0v) is 13.4. The topological polar surface area (TPSA) is 4.41 Å². The molecule has 0 aliphatic rings. The number of hydrogen-bond acceptors (Lipinski definition) is 0. The Kier molecular flexibility index (Phi) is 2.92. The second-order valence-corrected chi connectivity index (χ2v) is 6.47. The van der Waals surface area contributed by atoms with E-state index in [9.17, 15) is 26.3 Å². The van der Waals surface area contributed by atoms with E-state index in [1.165, 1.54) is 0 Å². The molecule has 5 aromatic rings. The molecule has 7 heteroatoms. The number of alkyl halides is 6. The number of halogens is 6. The Bertz CT molecular complexity index is 1340. The van der Waals surface area contributed by atoms with Crippen LogP contribution in [0.3, 0.4) is 0 Å². The predicted octanol–water partition coefficient (Wildman–Crippen LogP) is 6.87. The molecule has 0 fully saturated rings.